The summed E-state index contributed by atoms with van der Waals surface area (Å²) in [5.41, 5.74) is 9.29. The zero-order valence-corrected chi connectivity index (χ0v) is 22.4. The molecule has 0 saturated carbocycles. The van der Waals surface area contributed by atoms with Crippen LogP contribution in [-0.2, 0) is 0 Å². The van der Waals surface area contributed by atoms with Gasteiger partial charge in [-0.05, 0) is 67.7 Å². The first-order valence-electron chi connectivity index (χ1n) is 12.8. The average molecular weight is 453 g/mol. The van der Waals surface area contributed by atoms with E-state index in [2.05, 4.69) is 134 Å². The van der Waals surface area contributed by atoms with Crippen LogP contribution in [0.1, 0.15) is 65.5 Å². The molecule has 2 rings (SSSR count). The second kappa shape index (κ2) is 13.8. The molecule has 0 bridgehead atoms. The van der Waals surface area contributed by atoms with Crippen LogP contribution in [0.15, 0.2) is 113 Å². The van der Waals surface area contributed by atoms with Crippen molar-refractivity contribution < 1.29 is 0 Å². The molecule has 0 aliphatic heterocycles. The van der Waals surface area contributed by atoms with Crippen LogP contribution in [0.2, 0.25) is 0 Å². The summed E-state index contributed by atoms with van der Waals surface area (Å²) in [7, 11) is 0. The molecule has 0 heteroatoms. The Hall–Kier alpha value is -2.86. The maximum absolute atomic E-state index is 3.91. The molecule has 0 amide bonds. The Balaban J connectivity index is 2.58. The third-order valence-electron chi connectivity index (χ3n) is 6.60. The first-order chi connectivity index (χ1) is 16.2. The molecule has 0 N–H and O–H groups in total. The van der Waals surface area contributed by atoms with Crippen molar-refractivity contribution in [3.8, 4) is 0 Å². The highest BCUT2D eigenvalue weighted by Gasteiger charge is 2.16. The summed E-state index contributed by atoms with van der Waals surface area (Å²) in [5, 5.41) is 0. The van der Waals surface area contributed by atoms with Gasteiger partial charge >= 0.3 is 0 Å². The molecule has 1 aromatic carbocycles. The molecule has 1 aliphatic rings. The van der Waals surface area contributed by atoms with Gasteiger partial charge in [-0.1, -0.05) is 136 Å². The smallest absolute Gasteiger partial charge is 0.0231 e. The van der Waals surface area contributed by atoms with E-state index in [1.165, 1.54) is 39.0 Å². The second-order valence-electron chi connectivity index (χ2n) is 9.86. The Kier molecular flexibility index (Phi) is 11.1. The van der Waals surface area contributed by atoms with E-state index in [-0.39, 0.29) is 5.92 Å². The first-order valence-corrected chi connectivity index (χ1v) is 12.8. The molecule has 1 aliphatic carbocycles. The number of rotatable bonds is 8. The van der Waals surface area contributed by atoms with Crippen LogP contribution < -0.4 is 0 Å². The minimum Gasteiger partial charge on any atom is -0.0991 e. The molecule has 0 nitrogen and oxygen atoms in total. The van der Waals surface area contributed by atoms with Crippen molar-refractivity contribution in [3.05, 3.63) is 125 Å². The van der Waals surface area contributed by atoms with Crippen molar-refractivity contribution in [1.82, 2.24) is 0 Å². The number of hydrogen-bond acceptors (Lipinski definition) is 0. The van der Waals surface area contributed by atoms with E-state index >= 15 is 0 Å². The van der Waals surface area contributed by atoms with Crippen molar-refractivity contribution in [2.24, 2.45) is 17.8 Å². The van der Waals surface area contributed by atoms with Crippen molar-refractivity contribution in [2.75, 3.05) is 0 Å². The molecule has 2 atom stereocenters. The number of hydrogen-bond donors (Lipinski definition) is 0. The highest BCUT2D eigenvalue weighted by atomic mass is 14.2. The number of allylic oxidation sites excluding steroid dienone is 14. The van der Waals surface area contributed by atoms with Gasteiger partial charge in [0.25, 0.3) is 0 Å². The van der Waals surface area contributed by atoms with Crippen LogP contribution in [0.3, 0.4) is 0 Å². The minimum absolute atomic E-state index is 0.250. The van der Waals surface area contributed by atoms with Crippen molar-refractivity contribution in [1.29, 1.82) is 0 Å². The van der Waals surface area contributed by atoms with Crippen LogP contribution in [0, 0.1) is 24.7 Å². The monoisotopic (exact) mass is 452 g/mol. The van der Waals surface area contributed by atoms with Crippen molar-refractivity contribution in [3.63, 3.8) is 0 Å². The fraction of sp³-hybridized carbons (Fsp3) is 0.353. The van der Waals surface area contributed by atoms with Gasteiger partial charge in [0, 0.05) is 5.92 Å². The summed E-state index contributed by atoms with van der Waals surface area (Å²) in [6.45, 7) is 19.6. The number of aryl methyl sites for hydroxylation is 1. The molecule has 0 aromatic heterocycles. The maximum Gasteiger partial charge on any atom is 0.0231 e. The van der Waals surface area contributed by atoms with E-state index in [9.17, 15) is 0 Å². The van der Waals surface area contributed by atoms with Crippen LogP contribution in [-0.4, -0.2) is 0 Å². The van der Waals surface area contributed by atoms with E-state index in [1.54, 1.807) is 0 Å². The van der Waals surface area contributed by atoms with Gasteiger partial charge in [0.1, 0.15) is 0 Å². The predicted molar refractivity (Wildman–Crippen MR) is 154 cm³/mol. The fourth-order valence-electron chi connectivity index (χ4n) is 4.13. The highest BCUT2D eigenvalue weighted by molar-refractivity contribution is 5.56. The molecule has 180 valence electrons. The molecule has 0 fully saturated rings. The topological polar surface area (TPSA) is 0 Å². The summed E-state index contributed by atoms with van der Waals surface area (Å²) >= 11 is 0. The normalized spacial score (nSPS) is 25.2. The average Bonchev–Trinajstić information content (AvgIpc) is 2.85. The van der Waals surface area contributed by atoms with E-state index in [0.29, 0.717) is 11.8 Å². The molecule has 0 radical (unpaired) electrons. The SMILES string of the molecule is C=C/C=C(/C=C/C1=C/CC(C)/C(C)=C/C(/C=C/c2ccc(C)cc2)=C\C1/C(C)=C/CC)C(C)C. The standard InChI is InChI=1S/C34H44/c1-9-11-28(7)34-24-31(19-18-30-16-13-26(5)14-17-30)23-29(8)27(6)15-20-33(34)22-21-32(12-10-2)25(3)4/h10-14,16-25,27,34H,2,9,15H2,1,3-8H3/b19-18+,22-21+,28-11+,29-23+,31-24-,32-12-,33-20-. The van der Waals surface area contributed by atoms with Crippen LogP contribution >= 0.6 is 0 Å². The third-order valence-corrected chi connectivity index (χ3v) is 6.60. The van der Waals surface area contributed by atoms with Gasteiger partial charge in [0.15, 0.2) is 0 Å². The first kappa shape index (κ1) is 27.4. The zero-order chi connectivity index (χ0) is 25.1. The van der Waals surface area contributed by atoms with Gasteiger partial charge in [-0.15, -0.1) is 0 Å². The maximum atomic E-state index is 3.91. The fourth-order valence-corrected chi connectivity index (χ4v) is 4.13. The second-order valence-corrected chi connectivity index (χ2v) is 9.86. The van der Waals surface area contributed by atoms with Crippen LogP contribution in [0.4, 0.5) is 0 Å². The van der Waals surface area contributed by atoms with Gasteiger partial charge in [-0.2, -0.15) is 0 Å². The van der Waals surface area contributed by atoms with Crippen LogP contribution in [0.25, 0.3) is 6.08 Å². The van der Waals surface area contributed by atoms with Crippen molar-refractivity contribution in [2.45, 2.75) is 61.3 Å². The Morgan fingerprint density at radius 1 is 1.09 bits per heavy atom. The highest BCUT2D eigenvalue weighted by Crippen LogP contribution is 2.31. The van der Waals surface area contributed by atoms with Gasteiger partial charge in [-0.25, -0.2) is 0 Å². The predicted octanol–water partition coefficient (Wildman–Crippen LogP) is 10.1. The lowest BCUT2D eigenvalue weighted by atomic mass is 9.87. The molecule has 0 heterocycles. The molecular formula is C34H44. The summed E-state index contributed by atoms with van der Waals surface area (Å²) in [6.07, 6.45) is 24.9. The summed E-state index contributed by atoms with van der Waals surface area (Å²) in [4.78, 5) is 0. The van der Waals surface area contributed by atoms with Gasteiger partial charge in [0.05, 0.1) is 0 Å². The van der Waals surface area contributed by atoms with E-state index < -0.39 is 0 Å². The largest absolute Gasteiger partial charge is 0.0991 e. The zero-order valence-electron chi connectivity index (χ0n) is 22.4. The summed E-state index contributed by atoms with van der Waals surface area (Å²) < 4.78 is 0. The molecular weight excluding hydrogens is 408 g/mol. The molecule has 34 heavy (non-hydrogen) atoms. The van der Waals surface area contributed by atoms with Gasteiger partial charge in [-0.3, -0.25) is 0 Å². The van der Waals surface area contributed by atoms with E-state index in [4.69, 9.17) is 0 Å². The molecule has 0 spiro atoms. The third kappa shape index (κ3) is 8.49. The molecule has 0 saturated heterocycles. The Bertz CT molecular complexity index is 1030. The lowest BCUT2D eigenvalue weighted by Gasteiger charge is -2.18. The lowest BCUT2D eigenvalue weighted by Crippen LogP contribution is -2.04. The number of benzene rings is 1. The Morgan fingerprint density at radius 3 is 2.41 bits per heavy atom. The van der Waals surface area contributed by atoms with Gasteiger partial charge in [0.2, 0.25) is 0 Å². The Morgan fingerprint density at radius 2 is 1.79 bits per heavy atom. The summed E-state index contributed by atoms with van der Waals surface area (Å²) in [6, 6.07) is 8.72. The van der Waals surface area contributed by atoms with E-state index in [1.807, 2.05) is 6.08 Å². The minimum atomic E-state index is 0.250. The lowest BCUT2D eigenvalue weighted by molar-refractivity contribution is 0.690. The van der Waals surface area contributed by atoms with Crippen molar-refractivity contribution >= 4 is 6.08 Å². The molecule has 1 aromatic rings. The quantitative estimate of drug-likeness (QED) is 0.272. The van der Waals surface area contributed by atoms with Crippen LogP contribution in [0.5, 0.6) is 0 Å². The van der Waals surface area contributed by atoms with Gasteiger partial charge < -0.3 is 0 Å². The molecule has 2 unspecified atom stereocenters. The summed E-state index contributed by atoms with van der Waals surface area (Å²) in [5.74, 6) is 1.21. The van der Waals surface area contributed by atoms with E-state index in [0.717, 1.165) is 12.8 Å². The Labute approximate surface area is 209 Å².